The van der Waals surface area contributed by atoms with Crippen molar-refractivity contribution in [3.8, 4) is 11.8 Å². The van der Waals surface area contributed by atoms with Gasteiger partial charge in [-0.05, 0) is 13.8 Å². The maximum absolute atomic E-state index is 11.8. The highest BCUT2D eigenvalue weighted by Crippen LogP contribution is 2.20. The van der Waals surface area contributed by atoms with Crippen LogP contribution in [-0.4, -0.2) is 41.4 Å². The van der Waals surface area contributed by atoms with Crippen LogP contribution in [0.5, 0.6) is 0 Å². The molecule has 0 spiro atoms. The molecule has 86 valence electrons. The van der Waals surface area contributed by atoms with Gasteiger partial charge in [-0.15, -0.1) is 0 Å². The third-order valence-corrected chi connectivity index (χ3v) is 2.45. The summed E-state index contributed by atoms with van der Waals surface area (Å²) in [5.74, 6) is 2.72. The molecule has 1 fully saturated rings. The third-order valence-electron chi connectivity index (χ3n) is 2.45. The molecule has 0 aromatic heterocycles. The highest BCUT2D eigenvalue weighted by atomic mass is 19.4. The molecule has 1 aliphatic heterocycles. The zero-order valence-corrected chi connectivity index (χ0v) is 8.67. The molecule has 15 heavy (non-hydrogen) atoms. The lowest BCUT2D eigenvalue weighted by molar-refractivity contribution is -0.0698. The molecule has 0 aromatic carbocycles. The number of aliphatic hydroxyl groups is 1. The van der Waals surface area contributed by atoms with E-state index in [4.69, 9.17) is 0 Å². The summed E-state index contributed by atoms with van der Waals surface area (Å²) in [6.45, 7) is 4.68. The van der Waals surface area contributed by atoms with Crippen LogP contribution in [0.1, 0.15) is 13.8 Å². The van der Waals surface area contributed by atoms with Crippen molar-refractivity contribution in [2.45, 2.75) is 32.2 Å². The molecule has 1 saturated heterocycles. The van der Waals surface area contributed by atoms with Crippen molar-refractivity contribution >= 4 is 0 Å². The van der Waals surface area contributed by atoms with E-state index < -0.39 is 18.2 Å². The smallest absolute Gasteiger partial charge is 0.390 e. The molecule has 0 unspecified atom stereocenters. The normalized spacial score (nSPS) is 27.9. The highest BCUT2D eigenvalue weighted by molar-refractivity contribution is 5.13. The number of hydrogen-bond acceptors (Lipinski definition) is 2. The SMILES string of the molecule is CC(C)N1C[C@@H](O)[C@H](C#CC(F)(F)F)C1. The minimum atomic E-state index is -4.47. The van der Waals surface area contributed by atoms with Gasteiger partial charge in [0.25, 0.3) is 0 Å². The van der Waals surface area contributed by atoms with Crippen molar-refractivity contribution < 1.29 is 18.3 Å². The minimum absolute atomic E-state index is 0.220. The molecule has 0 aliphatic carbocycles. The van der Waals surface area contributed by atoms with Crippen molar-refractivity contribution in [1.82, 2.24) is 4.90 Å². The van der Waals surface area contributed by atoms with E-state index in [0.29, 0.717) is 13.1 Å². The maximum Gasteiger partial charge on any atom is 0.457 e. The van der Waals surface area contributed by atoms with Gasteiger partial charge < -0.3 is 5.11 Å². The van der Waals surface area contributed by atoms with Crippen molar-refractivity contribution in [3.05, 3.63) is 0 Å². The zero-order valence-electron chi connectivity index (χ0n) is 8.67. The Bertz CT molecular complexity index is 277. The number of rotatable bonds is 1. The lowest BCUT2D eigenvalue weighted by atomic mass is 10.1. The van der Waals surface area contributed by atoms with Crippen molar-refractivity contribution in [3.63, 3.8) is 0 Å². The van der Waals surface area contributed by atoms with Crippen LogP contribution in [0.15, 0.2) is 0 Å². The number of halogens is 3. The minimum Gasteiger partial charge on any atom is -0.390 e. The Morgan fingerprint density at radius 1 is 1.33 bits per heavy atom. The van der Waals surface area contributed by atoms with Gasteiger partial charge in [-0.2, -0.15) is 13.2 Å². The quantitative estimate of drug-likeness (QED) is 0.674. The number of nitrogens with zero attached hydrogens (tertiary/aromatic N) is 1. The highest BCUT2D eigenvalue weighted by Gasteiger charge is 2.32. The summed E-state index contributed by atoms with van der Waals surface area (Å²) in [4.78, 5) is 1.92. The van der Waals surface area contributed by atoms with Crippen molar-refractivity contribution in [1.29, 1.82) is 0 Å². The number of likely N-dealkylation sites (tertiary alicyclic amines) is 1. The fraction of sp³-hybridized carbons (Fsp3) is 0.800. The van der Waals surface area contributed by atoms with Crippen LogP contribution >= 0.6 is 0 Å². The molecular formula is C10H14F3NO. The summed E-state index contributed by atoms with van der Waals surface area (Å²) in [7, 11) is 0. The molecule has 0 bridgehead atoms. The standard InChI is InChI=1S/C10H14F3NO/c1-7(2)14-5-8(9(15)6-14)3-4-10(11,12)13/h7-9,15H,5-6H2,1-2H3/t8-,9-/m1/s1. The zero-order chi connectivity index (χ0) is 11.6. The second kappa shape index (κ2) is 4.42. The topological polar surface area (TPSA) is 23.5 Å². The van der Waals surface area contributed by atoms with E-state index in [0.717, 1.165) is 0 Å². The predicted molar refractivity (Wildman–Crippen MR) is 50.0 cm³/mol. The molecule has 0 amide bonds. The fourth-order valence-corrected chi connectivity index (χ4v) is 1.55. The summed E-state index contributed by atoms with van der Waals surface area (Å²) in [5, 5.41) is 9.49. The molecule has 2 nitrogen and oxygen atoms in total. The first-order chi connectivity index (χ1) is 6.79. The Balaban J connectivity index is 2.61. The molecule has 1 heterocycles. The first-order valence-electron chi connectivity index (χ1n) is 4.81. The van der Waals surface area contributed by atoms with Crippen LogP contribution in [0.3, 0.4) is 0 Å². The summed E-state index contributed by atoms with van der Waals surface area (Å²) >= 11 is 0. The van der Waals surface area contributed by atoms with E-state index in [-0.39, 0.29) is 6.04 Å². The van der Waals surface area contributed by atoms with Gasteiger partial charge in [0.1, 0.15) is 0 Å². The van der Waals surface area contributed by atoms with Crippen molar-refractivity contribution in [2.75, 3.05) is 13.1 Å². The largest absolute Gasteiger partial charge is 0.457 e. The van der Waals surface area contributed by atoms with Gasteiger partial charge in [0, 0.05) is 25.1 Å². The van der Waals surface area contributed by atoms with E-state index in [1.54, 1.807) is 0 Å². The number of hydrogen-bond donors (Lipinski definition) is 1. The molecule has 0 saturated carbocycles. The number of β-amino-alcohol motifs (C(OH)–C–C–N with tert-alkyl or cyclic N) is 1. The molecule has 0 radical (unpaired) electrons. The lowest BCUT2D eigenvalue weighted by Crippen LogP contribution is -2.29. The Morgan fingerprint density at radius 2 is 1.93 bits per heavy atom. The molecule has 1 rings (SSSR count). The van der Waals surface area contributed by atoms with Gasteiger partial charge in [0.15, 0.2) is 0 Å². The summed E-state index contributed by atoms with van der Waals surface area (Å²) in [6.07, 6.45) is -5.24. The molecule has 0 aromatic rings. The summed E-state index contributed by atoms with van der Waals surface area (Å²) < 4.78 is 35.5. The second-order valence-corrected chi connectivity index (χ2v) is 3.99. The van der Waals surface area contributed by atoms with Crippen LogP contribution in [0.25, 0.3) is 0 Å². The van der Waals surface area contributed by atoms with Gasteiger partial charge in [-0.3, -0.25) is 4.90 Å². The number of alkyl halides is 3. The molecule has 5 heteroatoms. The monoisotopic (exact) mass is 221 g/mol. The maximum atomic E-state index is 11.8. The van der Waals surface area contributed by atoms with E-state index in [9.17, 15) is 18.3 Å². The Hall–Kier alpha value is -0.730. The van der Waals surface area contributed by atoms with Gasteiger partial charge in [0.05, 0.1) is 12.0 Å². The summed E-state index contributed by atoms with van der Waals surface area (Å²) in [6, 6.07) is 0.220. The van der Waals surface area contributed by atoms with Crippen LogP contribution in [0.2, 0.25) is 0 Å². The third kappa shape index (κ3) is 3.73. The van der Waals surface area contributed by atoms with E-state index in [1.165, 1.54) is 5.92 Å². The Kier molecular flexibility index (Phi) is 3.63. The Labute approximate surface area is 87.1 Å². The van der Waals surface area contributed by atoms with Crippen LogP contribution < -0.4 is 0 Å². The van der Waals surface area contributed by atoms with E-state index >= 15 is 0 Å². The van der Waals surface area contributed by atoms with Crippen LogP contribution in [0.4, 0.5) is 13.2 Å². The lowest BCUT2D eigenvalue weighted by Gasteiger charge is -2.18. The average Bonchev–Trinajstić information content (AvgIpc) is 2.42. The van der Waals surface area contributed by atoms with Crippen LogP contribution in [-0.2, 0) is 0 Å². The van der Waals surface area contributed by atoms with Gasteiger partial charge in [-0.25, -0.2) is 0 Å². The molecular weight excluding hydrogens is 207 g/mol. The van der Waals surface area contributed by atoms with Crippen LogP contribution in [0, 0.1) is 17.8 Å². The first kappa shape index (κ1) is 12.3. The van der Waals surface area contributed by atoms with E-state index in [2.05, 4.69) is 5.92 Å². The first-order valence-corrected chi connectivity index (χ1v) is 4.81. The second-order valence-electron chi connectivity index (χ2n) is 3.99. The predicted octanol–water partition coefficient (Wildman–Crippen LogP) is 1.25. The molecule has 2 atom stereocenters. The average molecular weight is 221 g/mol. The van der Waals surface area contributed by atoms with Gasteiger partial charge >= 0.3 is 6.18 Å². The van der Waals surface area contributed by atoms with Crippen molar-refractivity contribution in [2.24, 2.45) is 5.92 Å². The fourth-order valence-electron chi connectivity index (χ4n) is 1.55. The van der Waals surface area contributed by atoms with Gasteiger partial charge in [-0.1, -0.05) is 5.92 Å². The number of aliphatic hydroxyl groups excluding tert-OH is 1. The Morgan fingerprint density at radius 3 is 2.33 bits per heavy atom. The van der Waals surface area contributed by atoms with E-state index in [1.807, 2.05) is 18.7 Å². The summed E-state index contributed by atoms with van der Waals surface area (Å²) in [5.41, 5.74) is 0. The molecule has 1 aliphatic rings. The molecule has 1 N–H and O–H groups in total. The van der Waals surface area contributed by atoms with Gasteiger partial charge in [0.2, 0.25) is 0 Å².